The average molecular weight is 497 g/mol. The van der Waals surface area contributed by atoms with Gasteiger partial charge in [-0.25, -0.2) is 18.4 Å². The number of hydrogen-bond acceptors (Lipinski definition) is 9. The Morgan fingerprint density at radius 1 is 1.12 bits per heavy atom. The van der Waals surface area contributed by atoms with Gasteiger partial charge < -0.3 is 16.4 Å². The van der Waals surface area contributed by atoms with Crippen molar-refractivity contribution in [2.45, 2.75) is 25.7 Å². The lowest BCUT2D eigenvalue weighted by Gasteiger charge is -2.19. The molecule has 1 atom stereocenters. The summed E-state index contributed by atoms with van der Waals surface area (Å²) in [5, 5.41) is 5.43. The quantitative estimate of drug-likeness (QED) is 0.429. The predicted molar refractivity (Wildman–Crippen MR) is 122 cm³/mol. The van der Waals surface area contributed by atoms with Crippen LogP contribution in [0.3, 0.4) is 0 Å². The molecular formula is C20H23F3N8O2S. The predicted octanol–water partition coefficient (Wildman–Crippen LogP) is 3.06. The molecule has 0 fully saturated rings. The first kappa shape index (κ1) is 25.1. The Hall–Kier alpha value is -3.52. The summed E-state index contributed by atoms with van der Waals surface area (Å²) in [5.41, 5.74) is 6.29. The molecule has 4 N–H and O–H groups in total. The summed E-state index contributed by atoms with van der Waals surface area (Å²) in [4.78, 5) is 15.8. The number of sulfonamides is 1. The molecule has 1 aromatic carbocycles. The molecule has 0 saturated heterocycles. The molecule has 10 nitrogen and oxygen atoms in total. The number of aromatic nitrogens is 4. The van der Waals surface area contributed by atoms with Crippen molar-refractivity contribution in [1.29, 1.82) is 0 Å². The molecule has 0 radical (unpaired) electrons. The van der Waals surface area contributed by atoms with Crippen molar-refractivity contribution in [2.24, 2.45) is 5.73 Å². The van der Waals surface area contributed by atoms with E-state index in [1.54, 1.807) is 24.3 Å². The van der Waals surface area contributed by atoms with E-state index in [-0.39, 0.29) is 30.0 Å². The van der Waals surface area contributed by atoms with Crippen LogP contribution in [0.5, 0.6) is 0 Å². The van der Waals surface area contributed by atoms with E-state index in [0.29, 0.717) is 11.9 Å². The fraction of sp³-hybridized carbons (Fsp3) is 0.300. The Kier molecular flexibility index (Phi) is 7.21. The summed E-state index contributed by atoms with van der Waals surface area (Å²) in [5.74, 6) is -0.597. The van der Waals surface area contributed by atoms with Crippen molar-refractivity contribution < 1.29 is 21.6 Å². The second-order valence-electron chi connectivity index (χ2n) is 7.40. The first-order valence-corrected chi connectivity index (χ1v) is 11.8. The van der Waals surface area contributed by atoms with Gasteiger partial charge in [-0.2, -0.15) is 18.2 Å². The number of nitrogens with zero attached hydrogens (tertiary/aromatic N) is 5. The summed E-state index contributed by atoms with van der Waals surface area (Å²) in [7, 11) is -2.39. The van der Waals surface area contributed by atoms with Gasteiger partial charge in [0.15, 0.2) is 5.82 Å². The molecular weight excluding hydrogens is 473 g/mol. The van der Waals surface area contributed by atoms with Gasteiger partial charge in [0.1, 0.15) is 17.1 Å². The SMILES string of the molecule is C[C@H](N)c1ccc(Nc2ncc(C(F)(F)F)c(NCc3nccnc3N(C)S(C)(=O)=O)n2)cc1. The van der Waals surface area contributed by atoms with Crippen LogP contribution >= 0.6 is 0 Å². The van der Waals surface area contributed by atoms with E-state index < -0.39 is 27.6 Å². The summed E-state index contributed by atoms with van der Waals surface area (Å²) in [6, 6.07) is 6.81. The molecule has 0 aliphatic rings. The summed E-state index contributed by atoms with van der Waals surface area (Å²) >= 11 is 0. The highest BCUT2D eigenvalue weighted by Gasteiger charge is 2.35. The minimum atomic E-state index is -4.73. The topological polar surface area (TPSA) is 139 Å². The van der Waals surface area contributed by atoms with E-state index in [2.05, 4.69) is 30.6 Å². The molecule has 14 heteroatoms. The van der Waals surface area contributed by atoms with Crippen LogP contribution in [-0.2, 0) is 22.7 Å². The highest BCUT2D eigenvalue weighted by atomic mass is 32.2. The van der Waals surface area contributed by atoms with Gasteiger partial charge in [0.2, 0.25) is 16.0 Å². The Bertz CT molecular complexity index is 1250. The second kappa shape index (κ2) is 9.77. The van der Waals surface area contributed by atoms with Crippen molar-refractivity contribution in [3.8, 4) is 0 Å². The lowest BCUT2D eigenvalue weighted by molar-refractivity contribution is -0.137. The normalized spacial score (nSPS) is 12.8. The average Bonchev–Trinajstić information content (AvgIpc) is 2.76. The number of alkyl halides is 3. The van der Waals surface area contributed by atoms with E-state index in [1.165, 1.54) is 19.4 Å². The number of rotatable bonds is 8. The Morgan fingerprint density at radius 2 is 1.76 bits per heavy atom. The van der Waals surface area contributed by atoms with Gasteiger partial charge in [-0.05, 0) is 24.6 Å². The van der Waals surface area contributed by atoms with Crippen LogP contribution in [0.25, 0.3) is 0 Å². The molecule has 182 valence electrons. The van der Waals surface area contributed by atoms with E-state index in [1.807, 2.05) is 6.92 Å². The molecule has 0 spiro atoms. The lowest BCUT2D eigenvalue weighted by atomic mass is 10.1. The minimum absolute atomic E-state index is 0.0207. The third-order valence-corrected chi connectivity index (χ3v) is 5.93. The van der Waals surface area contributed by atoms with Gasteiger partial charge in [0, 0.05) is 37.4 Å². The molecule has 2 heterocycles. The fourth-order valence-electron chi connectivity index (χ4n) is 2.86. The standard InChI is InChI=1S/C20H23F3N8O2S/c1-12(24)13-4-6-14(7-5-13)29-19-28-10-15(20(21,22)23)17(30-19)27-11-16-18(26-9-8-25-16)31(2)34(3,32)33/h4-10,12H,11,24H2,1-3H3,(H2,27,28,29,30)/t12-/m0/s1. The Labute approximate surface area is 194 Å². The van der Waals surface area contributed by atoms with Crippen molar-refractivity contribution in [3.05, 3.63) is 59.7 Å². The number of halogens is 3. The minimum Gasteiger partial charge on any atom is -0.364 e. The Morgan fingerprint density at radius 3 is 2.35 bits per heavy atom. The molecule has 0 amide bonds. The van der Waals surface area contributed by atoms with Crippen LogP contribution in [0.2, 0.25) is 0 Å². The zero-order valence-electron chi connectivity index (χ0n) is 18.5. The molecule has 0 bridgehead atoms. The van der Waals surface area contributed by atoms with E-state index >= 15 is 0 Å². The summed E-state index contributed by atoms with van der Waals surface area (Å²) in [6.45, 7) is 1.56. The fourth-order valence-corrected chi connectivity index (χ4v) is 3.32. The summed E-state index contributed by atoms with van der Waals surface area (Å²) in [6.07, 6.45) is -0.502. The van der Waals surface area contributed by atoms with Gasteiger partial charge in [-0.3, -0.25) is 9.29 Å². The zero-order valence-corrected chi connectivity index (χ0v) is 19.3. The van der Waals surface area contributed by atoms with Crippen LogP contribution in [-0.4, -0.2) is 41.7 Å². The van der Waals surface area contributed by atoms with Crippen LogP contribution in [0.1, 0.15) is 29.8 Å². The molecule has 0 unspecified atom stereocenters. The maximum absolute atomic E-state index is 13.5. The highest BCUT2D eigenvalue weighted by molar-refractivity contribution is 7.92. The Balaban J connectivity index is 1.89. The highest BCUT2D eigenvalue weighted by Crippen LogP contribution is 2.34. The largest absolute Gasteiger partial charge is 0.421 e. The number of anilines is 4. The number of benzene rings is 1. The summed E-state index contributed by atoms with van der Waals surface area (Å²) < 4.78 is 65.3. The van der Waals surface area contributed by atoms with Crippen LogP contribution < -0.4 is 20.7 Å². The molecule has 0 aliphatic heterocycles. The number of hydrogen-bond donors (Lipinski definition) is 3. The molecule has 34 heavy (non-hydrogen) atoms. The van der Waals surface area contributed by atoms with Crippen molar-refractivity contribution >= 4 is 33.3 Å². The van der Waals surface area contributed by atoms with Crippen molar-refractivity contribution in [3.63, 3.8) is 0 Å². The van der Waals surface area contributed by atoms with E-state index in [0.717, 1.165) is 16.1 Å². The van der Waals surface area contributed by atoms with Gasteiger partial charge in [-0.1, -0.05) is 12.1 Å². The van der Waals surface area contributed by atoms with Crippen LogP contribution in [0.4, 0.5) is 36.4 Å². The molecule has 3 rings (SSSR count). The van der Waals surface area contributed by atoms with Crippen molar-refractivity contribution in [1.82, 2.24) is 19.9 Å². The van der Waals surface area contributed by atoms with Gasteiger partial charge in [0.25, 0.3) is 0 Å². The van der Waals surface area contributed by atoms with E-state index in [9.17, 15) is 21.6 Å². The van der Waals surface area contributed by atoms with Gasteiger partial charge in [-0.15, -0.1) is 0 Å². The molecule has 2 aromatic heterocycles. The zero-order chi connectivity index (χ0) is 25.1. The second-order valence-corrected chi connectivity index (χ2v) is 9.41. The number of nitrogens with one attached hydrogen (secondary N) is 2. The molecule has 0 aliphatic carbocycles. The van der Waals surface area contributed by atoms with Gasteiger partial charge in [0.05, 0.1) is 12.8 Å². The van der Waals surface area contributed by atoms with Crippen LogP contribution in [0, 0.1) is 0 Å². The maximum Gasteiger partial charge on any atom is 0.421 e. The lowest BCUT2D eigenvalue weighted by Crippen LogP contribution is -2.27. The first-order valence-electron chi connectivity index (χ1n) is 9.90. The van der Waals surface area contributed by atoms with Crippen molar-refractivity contribution in [2.75, 3.05) is 28.2 Å². The number of nitrogens with two attached hydrogens (primary N) is 1. The van der Waals surface area contributed by atoms with Gasteiger partial charge >= 0.3 is 6.18 Å². The smallest absolute Gasteiger partial charge is 0.364 e. The molecule has 3 aromatic rings. The maximum atomic E-state index is 13.5. The van der Waals surface area contributed by atoms with Crippen LogP contribution in [0.15, 0.2) is 42.9 Å². The first-order chi connectivity index (χ1) is 15.9. The third kappa shape index (κ3) is 6.08. The molecule has 0 saturated carbocycles. The van der Waals surface area contributed by atoms with E-state index in [4.69, 9.17) is 5.73 Å². The third-order valence-electron chi connectivity index (χ3n) is 4.76. The monoisotopic (exact) mass is 496 g/mol.